The number of nitrogens with one attached hydrogen (secondary N) is 1. The number of aliphatic carboxylic acids is 1. The van der Waals surface area contributed by atoms with E-state index in [2.05, 4.69) is 10.3 Å². The first-order valence-electron chi connectivity index (χ1n) is 6.08. The Morgan fingerprint density at radius 1 is 1.32 bits per heavy atom. The third-order valence-electron chi connectivity index (χ3n) is 2.80. The SMILES string of the molecule is CC(C)C(C)NC(=O)c1ccc(C=CC(=O)O)cn1. The van der Waals surface area contributed by atoms with Gasteiger partial charge in [-0.15, -0.1) is 0 Å². The van der Waals surface area contributed by atoms with Crippen LogP contribution in [-0.2, 0) is 4.79 Å². The molecule has 0 aliphatic carbocycles. The van der Waals surface area contributed by atoms with Gasteiger partial charge in [0, 0.05) is 18.3 Å². The van der Waals surface area contributed by atoms with Crippen LogP contribution < -0.4 is 5.32 Å². The second-order valence-electron chi connectivity index (χ2n) is 4.65. The van der Waals surface area contributed by atoms with Crippen molar-refractivity contribution < 1.29 is 14.7 Å². The first-order chi connectivity index (χ1) is 8.90. The zero-order valence-corrected chi connectivity index (χ0v) is 11.3. The zero-order chi connectivity index (χ0) is 14.4. The van der Waals surface area contributed by atoms with Crippen LogP contribution in [0.4, 0.5) is 0 Å². The second kappa shape index (κ2) is 6.68. The summed E-state index contributed by atoms with van der Waals surface area (Å²) >= 11 is 0. The molecule has 1 unspecified atom stereocenters. The van der Waals surface area contributed by atoms with Gasteiger partial charge in [-0.3, -0.25) is 9.78 Å². The molecule has 0 aliphatic rings. The van der Waals surface area contributed by atoms with E-state index >= 15 is 0 Å². The Morgan fingerprint density at radius 2 is 2.00 bits per heavy atom. The number of hydrogen-bond acceptors (Lipinski definition) is 3. The molecule has 0 aliphatic heterocycles. The van der Waals surface area contributed by atoms with E-state index in [-0.39, 0.29) is 11.9 Å². The van der Waals surface area contributed by atoms with Gasteiger partial charge in [-0.25, -0.2) is 4.79 Å². The van der Waals surface area contributed by atoms with E-state index in [1.54, 1.807) is 12.1 Å². The quantitative estimate of drug-likeness (QED) is 0.795. The third-order valence-corrected chi connectivity index (χ3v) is 2.80. The standard InChI is InChI=1S/C14H18N2O3/c1-9(2)10(3)16-14(19)12-6-4-11(8-15-12)5-7-13(17)18/h4-10H,1-3H3,(H,16,19)(H,17,18). The minimum absolute atomic E-state index is 0.0703. The minimum Gasteiger partial charge on any atom is -0.478 e. The highest BCUT2D eigenvalue weighted by molar-refractivity contribution is 5.92. The molecule has 1 aromatic heterocycles. The van der Waals surface area contributed by atoms with Gasteiger partial charge in [0.25, 0.3) is 5.91 Å². The van der Waals surface area contributed by atoms with E-state index < -0.39 is 5.97 Å². The topological polar surface area (TPSA) is 79.3 Å². The maximum absolute atomic E-state index is 11.9. The normalized spacial score (nSPS) is 12.6. The first kappa shape index (κ1) is 14.9. The monoisotopic (exact) mass is 262 g/mol. The molecule has 0 fully saturated rings. The number of carboxylic acid groups (broad SMARTS) is 1. The fourth-order valence-electron chi connectivity index (χ4n) is 1.25. The lowest BCUT2D eigenvalue weighted by Gasteiger charge is -2.16. The Hall–Kier alpha value is -2.17. The predicted octanol–water partition coefficient (Wildman–Crippen LogP) is 1.95. The number of carbonyl (C=O) groups excluding carboxylic acids is 1. The maximum atomic E-state index is 11.9. The van der Waals surface area contributed by atoms with Crippen molar-refractivity contribution in [1.82, 2.24) is 10.3 Å². The number of aromatic nitrogens is 1. The summed E-state index contributed by atoms with van der Waals surface area (Å²) in [6.45, 7) is 5.99. The molecule has 1 atom stereocenters. The molecular weight excluding hydrogens is 244 g/mol. The van der Waals surface area contributed by atoms with Gasteiger partial charge in [0.1, 0.15) is 5.69 Å². The smallest absolute Gasteiger partial charge is 0.328 e. The molecule has 5 nitrogen and oxygen atoms in total. The van der Waals surface area contributed by atoms with Gasteiger partial charge < -0.3 is 10.4 Å². The van der Waals surface area contributed by atoms with Gasteiger partial charge in [-0.2, -0.15) is 0 Å². The third kappa shape index (κ3) is 4.91. The molecule has 0 saturated heterocycles. The number of carbonyl (C=O) groups is 2. The van der Waals surface area contributed by atoms with Crippen LogP contribution in [-0.4, -0.2) is 28.0 Å². The first-order valence-corrected chi connectivity index (χ1v) is 6.08. The number of amides is 1. The summed E-state index contributed by atoms with van der Waals surface area (Å²) in [5.74, 6) is -0.899. The van der Waals surface area contributed by atoms with E-state index in [0.29, 0.717) is 17.2 Å². The van der Waals surface area contributed by atoms with E-state index in [4.69, 9.17) is 5.11 Å². The number of nitrogens with zero attached hydrogens (tertiary/aromatic N) is 1. The van der Waals surface area contributed by atoms with Crippen LogP contribution in [0.1, 0.15) is 36.8 Å². The summed E-state index contributed by atoms with van der Waals surface area (Å²) in [5, 5.41) is 11.3. The largest absolute Gasteiger partial charge is 0.478 e. The van der Waals surface area contributed by atoms with Gasteiger partial charge in [0.15, 0.2) is 0 Å². The van der Waals surface area contributed by atoms with Crippen molar-refractivity contribution in [1.29, 1.82) is 0 Å². The zero-order valence-electron chi connectivity index (χ0n) is 11.3. The number of pyridine rings is 1. The van der Waals surface area contributed by atoms with Crippen LogP contribution in [0.25, 0.3) is 6.08 Å². The molecule has 1 rings (SSSR count). The molecule has 1 aromatic rings. The average Bonchev–Trinajstić information content (AvgIpc) is 2.36. The molecule has 0 radical (unpaired) electrons. The molecule has 19 heavy (non-hydrogen) atoms. The molecule has 2 N–H and O–H groups in total. The molecule has 1 amide bonds. The highest BCUT2D eigenvalue weighted by Crippen LogP contribution is 2.05. The van der Waals surface area contributed by atoms with E-state index in [1.807, 2.05) is 20.8 Å². The molecule has 102 valence electrons. The molecule has 0 spiro atoms. The Balaban J connectivity index is 2.71. The molecule has 0 aromatic carbocycles. The Bertz CT molecular complexity index is 478. The minimum atomic E-state index is -1.02. The van der Waals surface area contributed by atoms with Crippen LogP contribution in [0.15, 0.2) is 24.4 Å². The van der Waals surface area contributed by atoms with E-state index in [9.17, 15) is 9.59 Å². The van der Waals surface area contributed by atoms with Crippen molar-refractivity contribution in [2.75, 3.05) is 0 Å². The van der Waals surface area contributed by atoms with Gasteiger partial charge in [0.2, 0.25) is 0 Å². The molecule has 0 bridgehead atoms. The fourth-order valence-corrected chi connectivity index (χ4v) is 1.25. The predicted molar refractivity (Wildman–Crippen MR) is 72.7 cm³/mol. The van der Waals surface area contributed by atoms with Gasteiger partial charge in [-0.05, 0) is 30.5 Å². The number of carboxylic acids is 1. The fraction of sp³-hybridized carbons (Fsp3) is 0.357. The van der Waals surface area contributed by atoms with Crippen molar-refractivity contribution in [2.45, 2.75) is 26.8 Å². The summed E-state index contributed by atoms with van der Waals surface area (Å²) in [7, 11) is 0. The van der Waals surface area contributed by atoms with E-state index in [1.165, 1.54) is 12.3 Å². The lowest BCUT2D eigenvalue weighted by molar-refractivity contribution is -0.131. The van der Waals surface area contributed by atoms with Gasteiger partial charge in [0.05, 0.1) is 0 Å². The summed E-state index contributed by atoms with van der Waals surface area (Å²) in [4.78, 5) is 26.2. The van der Waals surface area contributed by atoms with Crippen LogP contribution in [0.3, 0.4) is 0 Å². The highest BCUT2D eigenvalue weighted by Gasteiger charge is 2.13. The van der Waals surface area contributed by atoms with E-state index in [0.717, 1.165) is 6.08 Å². The lowest BCUT2D eigenvalue weighted by atomic mass is 10.1. The highest BCUT2D eigenvalue weighted by atomic mass is 16.4. The summed E-state index contributed by atoms with van der Waals surface area (Å²) < 4.78 is 0. The number of rotatable bonds is 5. The Morgan fingerprint density at radius 3 is 2.47 bits per heavy atom. The summed E-state index contributed by atoms with van der Waals surface area (Å²) in [6.07, 6.45) is 3.92. The van der Waals surface area contributed by atoms with Crippen LogP contribution >= 0.6 is 0 Å². The lowest BCUT2D eigenvalue weighted by Crippen LogP contribution is -2.36. The van der Waals surface area contributed by atoms with Gasteiger partial charge in [-0.1, -0.05) is 19.9 Å². The van der Waals surface area contributed by atoms with Crippen molar-refractivity contribution >= 4 is 18.0 Å². The van der Waals surface area contributed by atoms with Crippen LogP contribution in [0.5, 0.6) is 0 Å². The molecule has 1 heterocycles. The van der Waals surface area contributed by atoms with Crippen molar-refractivity contribution in [2.24, 2.45) is 5.92 Å². The van der Waals surface area contributed by atoms with Crippen molar-refractivity contribution in [3.8, 4) is 0 Å². The maximum Gasteiger partial charge on any atom is 0.328 e. The second-order valence-corrected chi connectivity index (χ2v) is 4.65. The summed E-state index contributed by atoms with van der Waals surface area (Å²) in [6, 6.07) is 3.30. The average molecular weight is 262 g/mol. The number of hydrogen-bond donors (Lipinski definition) is 2. The molecular formula is C14H18N2O3. The molecule has 0 saturated carbocycles. The Labute approximate surface area is 112 Å². The van der Waals surface area contributed by atoms with Crippen molar-refractivity contribution in [3.63, 3.8) is 0 Å². The summed E-state index contributed by atoms with van der Waals surface area (Å²) in [5.41, 5.74) is 0.954. The molecule has 5 heteroatoms. The van der Waals surface area contributed by atoms with Crippen LogP contribution in [0.2, 0.25) is 0 Å². The Kier molecular flexibility index (Phi) is 5.23. The van der Waals surface area contributed by atoms with Crippen molar-refractivity contribution in [3.05, 3.63) is 35.7 Å². The van der Waals surface area contributed by atoms with Crippen LogP contribution in [0, 0.1) is 5.92 Å². The van der Waals surface area contributed by atoms with Gasteiger partial charge >= 0.3 is 5.97 Å².